The van der Waals surface area contributed by atoms with E-state index in [9.17, 15) is 4.79 Å². The monoisotopic (exact) mass is 368 g/mol. The number of nitrogens with two attached hydrogens (primary N) is 1. The van der Waals surface area contributed by atoms with Crippen molar-refractivity contribution in [2.45, 2.75) is 6.92 Å². The van der Waals surface area contributed by atoms with Crippen LogP contribution in [0.15, 0.2) is 34.8 Å². The molecule has 2 rings (SSSR count). The van der Waals surface area contributed by atoms with Crippen LogP contribution in [0.3, 0.4) is 0 Å². The number of benzene rings is 2. The first kappa shape index (κ1) is 15.7. The highest BCUT2D eigenvalue weighted by Crippen LogP contribution is 2.31. The number of nitrogen functional groups attached to an aromatic ring is 1. The van der Waals surface area contributed by atoms with Crippen molar-refractivity contribution < 1.29 is 9.53 Å². The Morgan fingerprint density at radius 2 is 2.05 bits per heavy atom. The minimum Gasteiger partial charge on any atom is -0.495 e. The second kappa shape index (κ2) is 6.37. The van der Waals surface area contributed by atoms with Crippen LogP contribution >= 0.6 is 27.5 Å². The van der Waals surface area contributed by atoms with Crippen LogP contribution in [-0.4, -0.2) is 13.0 Å². The van der Waals surface area contributed by atoms with Crippen molar-refractivity contribution in [2.75, 3.05) is 18.2 Å². The second-order valence-corrected chi connectivity index (χ2v) is 5.75. The third-order valence-corrected chi connectivity index (χ3v) is 4.12. The van der Waals surface area contributed by atoms with Gasteiger partial charge in [0, 0.05) is 26.8 Å². The summed E-state index contributed by atoms with van der Waals surface area (Å²) in [7, 11) is 1.52. The van der Waals surface area contributed by atoms with Gasteiger partial charge < -0.3 is 15.8 Å². The summed E-state index contributed by atoms with van der Waals surface area (Å²) in [6, 6.07) is 8.46. The van der Waals surface area contributed by atoms with E-state index < -0.39 is 0 Å². The van der Waals surface area contributed by atoms with Crippen molar-refractivity contribution in [3.05, 3.63) is 51.0 Å². The van der Waals surface area contributed by atoms with E-state index in [0.717, 1.165) is 10.0 Å². The number of carbonyl (C=O) groups is 1. The van der Waals surface area contributed by atoms with E-state index in [1.165, 1.54) is 7.11 Å². The summed E-state index contributed by atoms with van der Waals surface area (Å²) in [5, 5.41) is 3.38. The molecule has 0 atom stereocenters. The van der Waals surface area contributed by atoms with Crippen LogP contribution in [0.2, 0.25) is 5.02 Å². The third-order valence-electron chi connectivity index (χ3n) is 2.99. The Bertz CT molecular complexity index is 704. The van der Waals surface area contributed by atoms with Crippen molar-refractivity contribution in [2.24, 2.45) is 0 Å². The zero-order valence-corrected chi connectivity index (χ0v) is 13.9. The van der Waals surface area contributed by atoms with Gasteiger partial charge in [-0.05, 0) is 52.7 Å². The van der Waals surface area contributed by atoms with E-state index in [-0.39, 0.29) is 5.91 Å². The Hall–Kier alpha value is -1.72. The molecule has 0 heterocycles. The lowest BCUT2D eigenvalue weighted by molar-refractivity contribution is 0.102. The lowest BCUT2D eigenvalue weighted by Crippen LogP contribution is -2.13. The predicted octanol–water partition coefficient (Wildman–Crippen LogP) is 4.25. The lowest BCUT2D eigenvalue weighted by Gasteiger charge is -2.12. The van der Waals surface area contributed by atoms with E-state index in [1.807, 2.05) is 6.92 Å². The van der Waals surface area contributed by atoms with Crippen molar-refractivity contribution >= 4 is 44.8 Å². The number of amides is 1. The molecule has 0 spiro atoms. The molecule has 0 saturated carbocycles. The standard InChI is InChI=1S/C15H14BrClN2O2/c1-8-5-13(14(21-2)7-11(8)17)19-15(20)9-3-4-10(16)12(18)6-9/h3-7H,18H2,1-2H3,(H,19,20). The van der Waals surface area contributed by atoms with Gasteiger partial charge in [-0.15, -0.1) is 0 Å². The number of halogens is 2. The fraction of sp³-hybridized carbons (Fsp3) is 0.133. The maximum Gasteiger partial charge on any atom is 0.255 e. The minimum absolute atomic E-state index is 0.269. The molecule has 3 N–H and O–H groups in total. The van der Waals surface area contributed by atoms with Gasteiger partial charge in [-0.3, -0.25) is 4.79 Å². The topological polar surface area (TPSA) is 64.3 Å². The first-order valence-corrected chi connectivity index (χ1v) is 7.30. The highest BCUT2D eigenvalue weighted by atomic mass is 79.9. The summed E-state index contributed by atoms with van der Waals surface area (Å²) in [5.74, 6) is 0.234. The Kier molecular flexibility index (Phi) is 4.75. The molecule has 0 aliphatic heterocycles. The molecule has 0 aliphatic rings. The van der Waals surface area contributed by atoms with E-state index in [1.54, 1.807) is 30.3 Å². The van der Waals surface area contributed by atoms with Crippen LogP contribution in [0, 0.1) is 6.92 Å². The van der Waals surface area contributed by atoms with Crippen molar-refractivity contribution in [3.8, 4) is 5.75 Å². The normalized spacial score (nSPS) is 10.3. The van der Waals surface area contributed by atoms with Crippen LogP contribution < -0.4 is 15.8 Å². The van der Waals surface area contributed by atoms with Crippen LogP contribution in [-0.2, 0) is 0 Å². The lowest BCUT2D eigenvalue weighted by atomic mass is 10.1. The summed E-state index contributed by atoms with van der Waals surface area (Å²) in [4.78, 5) is 12.3. The average Bonchev–Trinajstić information content (AvgIpc) is 2.45. The number of carbonyl (C=O) groups excluding carboxylic acids is 1. The van der Waals surface area contributed by atoms with Gasteiger partial charge in [0.05, 0.1) is 12.8 Å². The number of methoxy groups -OCH3 is 1. The zero-order chi connectivity index (χ0) is 15.6. The highest BCUT2D eigenvalue weighted by Gasteiger charge is 2.12. The van der Waals surface area contributed by atoms with E-state index in [0.29, 0.717) is 27.7 Å². The fourth-order valence-corrected chi connectivity index (χ4v) is 2.21. The van der Waals surface area contributed by atoms with Gasteiger partial charge in [0.1, 0.15) is 5.75 Å². The Morgan fingerprint density at radius 1 is 1.33 bits per heavy atom. The van der Waals surface area contributed by atoms with E-state index in [4.69, 9.17) is 22.1 Å². The summed E-state index contributed by atoms with van der Waals surface area (Å²) >= 11 is 9.34. The number of hydrogen-bond acceptors (Lipinski definition) is 3. The molecular formula is C15H14BrClN2O2. The SMILES string of the molecule is COc1cc(Cl)c(C)cc1NC(=O)c1ccc(Br)c(N)c1. The molecule has 0 aliphatic carbocycles. The van der Waals surface area contributed by atoms with Gasteiger partial charge in [0.15, 0.2) is 0 Å². The first-order chi connectivity index (χ1) is 9.92. The van der Waals surface area contributed by atoms with E-state index >= 15 is 0 Å². The van der Waals surface area contributed by atoms with Crippen LogP contribution in [0.25, 0.3) is 0 Å². The zero-order valence-electron chi connectivity index (χ0n) is 11.5. The number of nitrogens with one attached hydrogen (secondary N) is 1. The number of ether oxygens (including phenoxy) is 1. The summed E-state index contributed by atoms with van der Waals surface area (Å²) in [6.45, 7) is 1.86. The number of rotatable bonds is 3. The van der Waals surface area contributed by atoms with Gasteiger partial charge in [0.2, 0.25) is 0 Å². The molecule has 0 bridgehead atoms. The number of anilines is 2. The molecule has 2 aromatic rings. The van der Waals surface area contributed by atoms with Crippen LogP contribution in [0.5, 0.6) is 5.75 Å². The predicted molar refractivity (Wildman–Crippen MR) is 89.2 cm³/mol. The van der Waals surface area contributed by atoms with Crippen molar-refractivity contribution in [1.29, 1.82) is 0 Å². The second-order valence-electron chi connectivity index (χ2n) is 4.49. The van der Waals surface area contributed by atoms with Crippen LogP contribution in [0.1, 0.15) is 15.9 Å². The fourth-order valence-electron chi connectivity index (χ4n) is 1.81. The quantitative estimate of drug-likeness (QED) is 0.795. The van der Waals surface area contributed by atoms with Gasteiger partial charge in [0.25, 0.3) is 5.91 Å². The Balaban J connectivity index is 2.31. The third kappa shape index (κ3) is 3.49. The molecule has 2 aromatic carbocycles. The molecule has 0 aromatic heterocycles. The molecule has 6 heteroatoms. The summed E-state index contributed by atoms with van der Waals surface area (Å²) < 4.78 is 5.98. The van der Waals surface area contributed by atoms with Gasteiger partial charge >= 0.3 is 0 Å². The first-order valence-electron chi connectivity index (χ1n) is 6.13. The number of hydrogen-bond donors (Lipinski definition) is 2. The van der Waals surface area contributed by atoms with Crippen molar-refractivity contribution in [3.63, 3.8) is 0 Å². The molecule has 1 amide bonds. The van der Waals surface area contributed by atoms with Gasteiger partial charge in [-0.2, -0.15) is 0 Å². The molecule has 4 nitrogen and oxygen atoms in total. The minimum atomic E-state index is -0.269. The van der Waals surface area contributed by atoms with Crippen molar-refractivity contribution in [1.82, 2.24) is 0 Å². The Morgan fingerprint density at radius 3 is 2.67 bits per heavy atom. The number of aryl methyl sites for hydroxylation is 1. The molecule has 0 unspecified atom stereocenters. The van der Waals surface area contributed by atoms with Gasteiger partial charge in [-0.25, -0.2) is 0 Å². The Labute approximate surface area is 136 Å². The maximum absolute atomic E-state index is 12.3. The summed E-state index contributed by atoms with van der Waals surface area (Å²) in [6.07, 6.45) is 0. The molecule has 110 valence electrons. The molecular weight excluding hydrogens is 356 g/mol. The molecule has 0 fully saturated rings. The smallest absolute Gasteiger partial charge is 0.255 e. The molecule has 0 radical (unpaired) electrons. The summed E-state index contributed by atoms with van der Waals surface area (Å²) in [5.41, 5.74) is 8.16. The van der Waals surface area contributed by atoms with Crippen LogP contribution in [0.4, 0.5) is 11.4 Å². The maximum atomic E-state index is 12.3. The van der Waals surface area contributed by atoms with Gasteiger partial charge in [-0.1, -0.05) is 11.6 Å². The molecule has 0 saturated heterocycles. The highest BCUT2D eigenvalue weighted by molar-refractivity contribution is 9.10. The largest absolute Gasteiger partial charge is 0.495 e. The average molecular weight is 370 g/mol. The van der Waals surface area contributed by atoms with E-state index in [2.05, 4.69) is 21.2 Å². The molecule has 21 heavy (non-hydrogen) atoms.